The molecule has 102 valence electrons. The third-order valence-corrected chi connectivity index (χ3v) is 5.04. The molecule has 0 amide bonds. The summed E-state index contributed by atoms with van der Waals surface area (Å²) in [5, 5.41) is 3.24. The second kappa shape index (κ2) is 6.11. The maximum atomic E-state index is 13.9. The summed E-state index contributed by atoms with van der Waals surface area (Å²) in [4.78, 5) is 1.01. The average molecular weight is 346 g/mol. The number of halogens is 3. The molecule has 0 aliphatic carbocycles. The lowest BCUT2D eigenvalue weighted by Crippen LogP contribution is -2.22. The zero-order chi connectivity index (χ0) is 14.0. The van der Waals surface area contributed by atoms with E-state index in [2.05, 4.69) is 21.2 Å². The Balaban J connectivity index is 2.44. The monoisotopic (exact) mass is 345 g/mol. The Bertz CT molecular complexity index is 563. The molecule has 0 fully saturated rings. The van der Waals surface area contributed by atoms with Gasteiger partial charge in [-0.1, -0.05) is 13.0 Å². The number of hydrogen-bond donors (Lipinski definition) is 1. The Labute approximate surface area is 123 Å². The molecule has 1 aromatic heterocycles. The van der Waals surface area contributed by atoms with Crippen molar-refractivity contribution in [2.24, 2.45) is 0 Å². The molecule has 2 rings (SSSR count). The molecule has 1 nitrogen and oxygen atoms in total. The van der Waals surface area contributed by atoms with E-state index < -0.39 is 11.6 Å². The highest BCUT2D eigenvalue weighted by atomic mass is 79.9. The Morgan fingerprint density at radius 2 is 2.05 bits per heavy atom. The first kappa shape index (κ1) is 14.6. The van der Waals surface area contributed by atoms with E-state index in [1.165, 1.54) is 12.1 Å². The molecule has 0 radical (unpaired) electrons. The van der Waals surface area contributed by atoms with Gasteiger partial charge in [-0.2, -0.15) is 0 Å². The number of hydrogen-bond acceptors (Lipinski definition) is 2. The average Bonchev–Trinajstić information content (AvgIpc) is 2.67. The minimum absolute atomic E-state index is 0.249. The lowest BCUT2D eigenvalue weighted by atomic mass is 10.0. The summed E-state index contributed by atoms with van der Waals surface area (Å²) in [7, 11) is 0. The van der Waals surface area contributed by atoms with Gasteiger partial charge in [0.2, 0.25) is 0 Å². The maximum Gasteiger partial charge on any atom is 0.131 e. The number of benzene rings is 1. The number of rotatable bonds is 4. The SMILES string of the molecule is CCNC(c1cc(C)c(Br)s1)c1ccc(F)cc1F. The van der Waals surface area contributed by atoms with Crippen LogP contribution in [0.25, 0.3) is 0 Å². The Hall–Kier alpha value is -0.780. The van der Waals surface area contributed by atoms with E-state index in [0.717, 1.165) is 20.3 Å². The summed E-state index contributed by atoms with van der Waals surface area (Å²) in [6, 6.07) is 5.49. The van der Waals surface area contributed by atoms with Gasteiger partial charge in [-0.25, -0.2) is 8.78 Å². The largest absolute Gasteiger partial charge is 0.306 e. The van der Waals surface area contributed by atoms with Gasteiger partial charge in [0.25, 0.3) is 0 Å². The van der Waals surface area contributed by atoms with Crippen molar-refractivity contribution in [1.29, 1.82) is 0 Å². The molecule has 0 bridgehead atoms. The zero-order valence-electron chi connectivity index (χ0n) is 10.6. The van der Waals surface area contributed by atoms with Gasteiger partial charge in [0.15, 0.2) is 0 Å². The van der Waals surface area contributed by atoms with Crippen LogP contribution in [0.4, 0.5) is 8.78 Å². The van der Waals surface area contributed by atoms with Crippen molar-refractivity contribution < 1.29 is 8.78 Å². The quantitative estimate of drug-likeness (QED) is 0.839. The van der Waals surface area contributed by atoms with Crippen LogP contribution < -0.4 is 5.32 Å². The van der Waals surface area contributed by atoms with Crippen molar-refractivity contribution >= 4 is 27.3 Å². The molecule has 0 aliphatic heterocycles. The highest BCUT2D eigenvalue weighted by molar-refractivity contribution is 9.11. The predicted octanol–water partition coefficient (Wildman–Crippen LogP) is 4.80. The standard InChI is InChI=1S/C14H14BrF2NS/c1-3-18-13(12-6-8(2)14(15)19-12)10-5-4-9(16)7-11(10)17/h4-7,13,18H,3H2,1-2H3. The first-order valence-electron chi connectivity index (χ1n) is 5.97. The summed E-state index contributed by atoms with van der Waals surface area (Å²) in [5.74, 6) is -1.08. The predicted molar refractivity (Wildman–Crippen MR) is 78.6 cm³/mol. The Kier molecular flexibility index (Phi) is 4.71. The van der Waals surface area contributed by atoms with Crippen LogP contribution in [-0.2, 0) is 0 Å². The highest BCUT2D eigenvalue weighted by Gasteiger charge is 2.20. The first-order valence-corrected chi connectivity index (χ1v) is 7.58. The maximum absolute atomic E-state index is 13.9. The molecule has 2 aromatic rings. The van der Waals surface area contributed by atoms with Crippen LogP contribution in [0.5, 0.6) is 0 Å². The third-order valence-electron chi connectivity index (χ3n) is 2.84. The molecule has 5 heteroatoms. The summed E-state index contributed by atoms with van der Waals surface area (Å²) in [6.45, 7) is 4.66. The van der Waals surface area contributed by atoms with E-state index in [0.29, 0.717) is 12.1 Å². The van der Waals surface area contributed by atoms with Gasteiger partial charge >= 0.3 is 0 Å². The smallest absolute Gasteiger partial charge is 0.131 e. The van der Waals surface area contributed by atoms with Gasteiger partial charge in [0.05, 0.1) is 9.83 Å². The van der Waals surface area contributed by atoms with Gasteiger partial charge in [0.1, 0.15) is 11.6 Å². The van der Waals surface area contributed by atoms with E-state index in [1.54, 1.807) is 11.3 Å². The molecule has 1 heterocycles. The molecule has 1 unspecified atom stereocenters. The molecule has 0 spiro atoms. The minimum Gasteiger partial charge on any atom is -0.306 e. The third kappa shape index (κ3) is 3.22. The van der Waals surface area contributed by atoms with Crippen LogP contribution >= 0.6 is 27.3 Å². The van der Waals surface area contributed by atoms with E-state index >= 15 is 0 Å². The molecule has 0 aliphatic rings. The van der Waals surface area contributed by atoms with Crippen molar-refractivity contribution in [2.45, 2.75) is 19.9 Å². The summed E-state index contributed by atoms with van der Waals surface area (Å²) < 4.78 is 28.0. The fourth-order valence-corrected chi connectivity index (χ4v) is 3.60. The molecule has 1 aromatic carbocycles. The van der Waals surface area contributed by atoms with Crippen LogP contribution in [0.2, 0.25) is 0 Å². The van der Waals surface area contributed by atoms with Gasteiger partial charge in [0, 0.05) is 16.5 Å². The highest BCUT2D eigenvalue weighted by Crippen LogP contribution is 2.35. The first-order chi connectivity index (χ1) is 9.02. The zero-order valence-corrected chi connectivity index (χ0v) is 13.0. The van der Waals surface area contributed by atoms with Gasteiger partial charge in [-0.3, -0.25) is 0 Å². The summed E-state index contributed by atoms with van der Waals surface area (Å²) in [6.07, 6.45) is 0. The van der Waals surface area contributed by atoms with Gasteiger partial charge in [-0.05, 0) is 47.1 Å². The summed E-state index contributed by atoms with van der Waals surface area (Å²) >= 11 is 5.04. The summed E-state index contributed by atoms with van der Waals surface area (Å²) in [5.41, 5.74) is 1.59. The second-order valence-electron chi connectivity index (χ2n) is 4.26. The topological polar surface area (TPSA) is 12.0 Å². The van der Waals surface area contributed by atoms with Gasteiger partial charge in [-0.15, -0.1) is 11.3 Å². The molecule has 0 saturated carbocycles. The second-order valence-corrected chi connectivity index (χ2v) is 6.66. The molecule has 1 N–H and O–H groups in total. The van der Waals surface area contributed by atoms with Crippen LogP contribution in [0.1, 0.15) is 29.0 Å². The van der Waals surface area contributed by atoms with Crippen LogP contribution in [0.3, 0.4) is 0 Å². The van der Waals surface area contributed by atoms with Crippen molar-refractivity contribution in [3.63, 3.8) is 0 Å². The molecular formula is C14H14BrF2NS. The molecule has 1 atom stereocenters. The van der Waals surface area contributed by atoms with E-state index in [-0.39, 0.29) is 6.04 Å². The van der Waals surface area contributed by atoms with Crippen LogP contribution in [0.15, 0.2) is 28.1 Å². The van der Waals surface area contributed by atoms with Gasteiger partial charge < -0.3 is 5.32 Å². The minimum atomic E-state index is -0.556. The van der Waals surface area contributed by atoms with E-state index in [4.69, 9.17) is 0 Å². The molecular weight excluding hydrogens is 332 g/mol. The molecule has 0 saturated heterocycles. The van der Waals surface area contributed by atoms with Crippen molar-refractivity contribution in [3.05, 3.63) is 55.7 Å². The van der Waals surface area contributed by atoms with Crippen molar-refractivity contribution in [1.82, 2.24) is 5.32 Å². The van der Waals surface area contributed by atoms with E-state index in [9.17, 15) is 8.78 Å². The Morgan fingerprint density at radius 3 is 2.58 bits per heavy atom. The Morgan fingerprint density at radius 1 is 1.32 bits per heavy atom. The number of nitrogens with one attached hydrogen (secondary N) is 1. The molecule has 19 heavy (non-hydrogen) atoms. The lowest BCUT2D eigenvalue weighted by Gasteiger charge is -2.17. The fraction of sp³-hybridized carbons (Fsp3) is 0.286. The van der Waals surface area contributed by atoms with E-state index in [1.807, 2.05) is 19.9 Å². The van der Waals surface area contributed by atoms with Crippen LogP contribution in [0, 0.1) is 18.6 Å². The van der Waals surface area contributed by atoms with Crippen molar-refractivity contribution in [3.8, 4) is 0 Å². The normalized spacial score (nSPS) is 12.7. The lowest BCUT2D eigenvalue weighted by molar-refractivity contribution is 0.544. The van der Waals surface area contributed by atoms with Crippen LogP contribution in [-0.4, -0.2) is 6.54 Å². The van der Waals surface area contributed by atoms with Crippen molar-refractivity contribution in [2.75, 3.05) is 6.54 Å². The number of aryl methyl sites for hydroxylation is 1. The number of thiophene rings is 1. The fourth-order valence-electron chi connectivity index (χ4n) is 1.93.